The number of halogens is 2. The van der Waals surface area contributed by atoms with Gasteiger partial charge in [-0.3, -0.25) is 0 Å². The molecule has 0 bridgehead atoms. The van der Waals surface area contributed by atoms with E-state index in [2.05, 4.69) is 38.4 Å². The summed E-state index contributed by atoms with van der Waals surface area (Å²) in [4.78, 5) is 0. The van der Waals surface area contributed by atoms with Crippen LogP contribution in [0.2, 0.25) is 0 Å². The van der Waals surface area contributed by atoms with Crippen LogP contribution >= 0.6 is 15.9 Å². The first kappa shape index (κ1) is 15.1. The van der Waals surface area contributed by atoms with Crippen molar-refractivity contribution >= 4 is 15.9 Å². The Kier molecular flexibility index (Phi) is 5.61. The van der Waals surface area contributed by atoms with Crippen LogP contribution in [0.25, 0.3) is 0 Å². The van der Waals surface area contributed by atoms with Gasteiger partial charge in [-0.1, -0.05) is 28.9 Å². The molecule has 1 aromatic carbocycles. The van der Waals surface area contributed by atoms with E-state index in [9.17, 15) is 4.39 Å². The summed E-state index contributed by atoms with van der Waals surface area (Å²) in [5, 5.41) is 11.2. The number of nitrogens with one attached hydrogen (secondary N) is 1. The minimum absolute atomic E-state index is 0.146. The lowest BCUT2D eigenvalue weighted by atomic mass is 10.0. The fourth-order valence-corrected chi connectivity index (χ4v) is 2.55. The third-order valence-corrected chi connectivity index (χ3v) is 3.83. The van der Waals surface area contributed by atoms with Gasteiger partial charge in [0.15, 0.2) is 0 Å². The lowest BCUT2D eigenvalue weighted by molar-refractivity contribution is 0.525. The third-order valence-electron chi connectivity index (χ3n) is 3.09. The van der Waals surface area contributed by atoms with Crippen molar-refractivity contribution in [3.8, 4) is 0 Å². The maximum Gasteiger partial charge on any atom is 0.124 e. The monoisotopic (exact) mass is 337 g/mol. The van der Waals surface area contributed by atoms with Gasteiger partial charge in [0.05, 0.1) is 6.20 Å². The van der Waals surface area contributed by atoms with E-state index in [1.807, 2.05) is 12.1 Å². The molecule has 5 heteroatoms. The Hall–Kier alpha value is -1.33. The molecule has 1 N–H and O–H groups in total. The summed E-state index contributed by atoms with van der Waals surface area (Å²) < 4.78 is 13.9. The predicted octanol–water partition coefficient (Wildman–Crippen LogP) is 3.66. The van der Waals surface area contributed by atoms with E-state index in [0.29, 0.717) is 0 Å². The van der Waals surface area contributed by atoms with Crippen molar-refractivity contribution in [2.45, 2.75) is 25.8 Å². The van der Waals surface area contributed by atoms with Gasteiger partial charge < -0.3 is 5.32 Å². The summed E-state index contributed by atoms with van der Waals surface area (Å²) in [6, 6.07) is 6.90. The molecule has 0 aliphatic rings. The van der Waals surface area contributed by atoms with Gasteiger partial charge in [-0.05, 0) is 48.7 Å². The second-order valence-electron chi connectivity index (χ2n) is 4.62. The fraction of sp³-hybridized carbons (Fsp3) is 0.333. The standard InChI is InChI=1S/C15H17BrFN3/c1-2-6-18-15(12-5-7-19-20-10-12)8-11-3-4-13(17)9-14(11)16/h3-5,7,9-10,15,18H,2,6,8H2,1H3. The van der Waals surface area contributed by atoms with Crippen molar-refractivity contribution < 1.29 is 4.39 Å². The molecule has 0 spiro atoms. The van der Waals surface area contributed by atoms with E-state index >= 15 is 0 Å². The molecule has 0 aliphatic carbocycles. The van der Waals surface area contributed by atoms with Gasteiger partial charge in [-0.2, -0.15) is 10.2 Å². The summed E-state index contributed by atoms with van der Waals surface area (Å²) in [5.74, 6) is -0.232. The van der Waals surface area contributed by atoms with Crippen molar-refractivity contribution in [2.75, 3.05) is 6.54 Å². The lowest BCUT2D eigenvalue weighted by Gasteiger charge is -2.19. The van der Waals surface area contributed by atoms with Gasteiger partial charge in [0.1, 0.15) is 5.82 Å². The maximum atomic E-state index is 13.1. The molecular formula is C15H17BrFN3. The van der Waals surface area contributed by atoms with Gasteiger partial charge in [0.2, 0.25) is 0 Å². The smallest absolute Gasteiger partial charge is 0.124 e. The van der Waals surface area contributed by atoms with E-state index in [1.54, 1.807) is 12.4 Å². The average Bonchev–Trinajstić information content (AvgIpc) is 2.46. The molecule has 1 unspecified atom stereocenters. The van der Waals surface area contributed by atoms with Gasteiger partial charge in [-0.25, -0.2) is 4.39 Å². The molecule has 2 rings (SSSR count). The Bertz CT molecular complexity index is 548. The van der Waals surface area contributed by atoms with Gasteiger partial charge in [-0.15, -0.1) is 0 Å². The van der Waals surface area contributed by atoms with E-state index in [1.165, 1.54) is 12.1 Å². The second kappa shape index (κ2) is 7.45. The normalized spacial score (nSPS) is 12.3. The summed E-state index contributed by atoms with van der Waals surface area (Å²) in [7, 11) is 0. The van der Waals surface area contributed by atoms with Crippen molar-refractivity contribution in [3.63, 3.8) is 0 Å². The number of aromatic nitrogens is 2. The number of hydrogen-bond acceptors (Lipinski definition) is 3. The SMILES string of the molecule is CCCNC(Cc1ccc(F)cc1Br)c1ccnnc1. The molecular weight excluding hydrogens is 321 g/mol. The molecule has 3 nitrogen and oxygen atoms in total. The number of hydrogen-bond donors (Lipinski definition) is 1. The van der Waals surface area contributed by atoms with Crippen molar-refractivity contribution in [3.05, 3.63) is 58.1 Å². The van der Waals surface area contributed by atoms with Crippen LogP contribution in [0.1, 0.15) is 30.5 Å². The number of benzene rings is 1. The highest BCUT2D eigenvalue weighted by molar-refractivity contribution is 9.10. The Morgan fingerprint density at radius 2 is 2.15 bits per heavy atom. The molecule has 0 fully saturated rings. The van der Waals surface area contributed by atoms with Crippen LogP contribution in [0.4, 0.5) is 4.39 Å². The molecule has 0 saturated heterocycles. The molecule has 0 aliphatic heterocycles. The zero-order chi connectivity index (χ0) is 14.4. The maximum absolute atomic E-state index is 13.1. The van der Waals surface area contributed by atoms with Gasteiger partial charge >= 0.3 is 0 Å². The molecule has 1 atom stereocenters. The largest absolute Gasteiger partial charge is 0.310 e. The summed E-state index contributed by atoms with van der Waals surface area (Å²) in [6.07, 6.45) is 5.28. The highest BCUT2D eigenvalue weighted by atomic mass is 79.9. The molecule has 0 saturated carbocycles. The predicted molar refractivity (Wildman–Crippen MR) is 80.9 cm³/mol. The molecule has 0 radical (unpaired) electrons. The zero-order valence-electron chi connectivity index (χ0n) is 11.3. The van der Waals surface area contributed by atoms with Crippen LogP contribution in [-0.4, -0.2) is 16.7 Å². The Morgan fingerprint density at radius 1 is 1.30 bits per heavy atom. The van der Waals surface area contributed by atoms with E-state index in [-0.39, 0.29) is 11.9 Å². The minimum Gasteiger partial charge on any atom is -0.310 e. The minimum atomic E-state index is -0.232. The first-order chi connectivity index (χ1) is 9.70. The van der Waals surface area contributed by atoms with Crippen LogP contribution < -0.4 is 5.32 Å². The molecule has 2 aromatic rings. The van der Waals surface area contributed by atoms with E-state index in [4.69, 9.17) is 0 Å². The fourth-order valence-electron chi connectivity index (χ4n) is 2.04. The second-order valence-corrected chi connectivity index (χ2v) is 5.48. The summed E-state index contributed by atoms with van der Waals surface area (Å²) in [5.41, 5.74) is 2.15. The van der Waals surface area contributed by atoms with Crippen LogP contribution in [0.3, 0.4) is 0 Å². The molecule has 1 heterocycles. The van der Waals surface area contributed by atoms with Gasteiger partial charge in [0, 0.05) is 16.7 Å². The first-order valence-corrected chi connectivity index (χ1v) is 7.44. The first-order valence-electron chi connectivity index (χ1n) is 6.64. The quantitative estimate of drug-likeness (QED) is 0.873. The van der Waals surface area contributed by atoms with Crippen LogP contribution in [0.15, 0.2) is 41.1 Å². The van der Waals surface area contributed by atoms with E-state index < -0.39 is 0 Å². The highest BCUT2D eigenvalue weighted by Gasteiger charge is 2.14. The van der Waals surface area contributed by atoms with Crippen molar-refractivity contribution in [2.24, 2.45) is 0 Å². The zero-order valence-corrected chi connectivity index (χ0v) is 12.9. The average molecular weight is 338 g/mol. The Morgan fingerprint density at radius 3 is 2.80 bits per heavy atom. The van der Waals surface area contributed by atoms with Gasteiger partial charge in [0.25, 0.3) is 0 Å². The van der Waals surface area contributed by atoms with Crippen molar-refractivity contribution in [1.29, 1.82) is 0 Å². The molecule has 106 valence electrons. The summed E-state index contributed by atoms with van der Waals surface area (Å²) >= 11 is 3.42. The molecule has 20 heavy (non-hydrogen) atoms. The number of nitrogens with zero attached hydrogens (tertiary/aromatic N) is 2. The van der Waals surface area contributed by atoms with Crippen molar-refractivity contribution in [1.82, 2.24) is 15.5 Å². The van der Waals surface area contributed by atoms with Crippen LogP contribution in [-0.2, 0) is 6.42 Å². The highest BCUT2D eigenvalue weighted by Crippen LogP contribution is 2.24. The lowest BCUT2D eigenvalue weighted by Crippen LogP contribution is -2.24. The molecule has 1 aromatic heterocycles. The molecule has 0 amide bonds. The van der Waals surface area contributed by atoms with E-state index in [0.717, 1.165) is 35.0 Å². The topological polar surface area (TPSA) is 37.8 Å². The number of rotatable bonds is 6. The third kappa shape index (κ3) is 4.08. The Labute approximate surface area is 126 Å². The Balaban J connectivity index is 2.19. The van der Waals surface area contributed by atoms with Crippen LogP contribution in [0.5, 0.6) is 0 Å². The van der Waals surface area contributed by atoms with Crippen LogP contribution in [0, 0.1) is 5.82 Å². The summed E-state index contributed by atoms with van der Waals surface area (Å²) in [6.45, 7) is 3.05.